The molecule has 0 unspecified atom stereocenters. The van der Waals surface area contributed by atoms with Crippen LogP contribution < -0.4 is 22.6 Å². The first-order valence-electron chi connectivity index (χ1n) is 3.36. The Hall–Kier alpha value is -0.540. The van der Waals surface area contributed by atoms with Gasteiger partial charge >= 0.3 is 0 Å². The van der Waals surface area contributed by atoms with E-state index >= 15 is 0 Å². The minimum atomic E-state index is -0.0961. The largest absolute Gasteiger partial charge is 1.00 e. The van der Waals surface area contributed by atoms with Crippen molar-refractivity contribution >= 4 is 5.91 Å². The molecule has 0 atom stereocenters. The van der Waals surface area contributed by atoms with Gasteiger partial charge in [0.15, 0.2) is 0 Å². The van der Waals surface area contributed by atoms with Crippen LogP contribution in [0.1, 0.15) is 0 Å². The van der Waals surface area contributed by atoms with Gasteiger partial charge in [-0.2, -0.15) is 0 Å². The average molecular weight is 179 g/mol. The number of halogens is 1. The molecule has 1 amide bonds. The van der Waals surface area contributed by atoms with Crippen molar-refractivity contribution in [3.05, 3.63) is 12.7 Å². The number of carbonyl (C=O) groups is 1. The molecule has 0 bridgehead atoms. The summed E-state index contributed by atoms with van der Waals surface area (Å²) in [5.74, 6) is -0.0961. The minimum Gasteiger partial charge on any atom is -1.00 e. The molecule has 2 N–H and O–H groups in total. The Morgan fingerprint density at radius 3 is 2.55 bits per heavy atom. The van der Waals surface area contributed by atoms with E-state index in [0.29, 0.717) is 6.54 Å². The van der Waals surface area contributed by atoms with Gasteiger partial charge in [-0.25, -0.2) is 0 Å². The van der Waals surface area contributed by atoms with Crippen LogP contribution in [0.3, 0.4) is 0 Å². The molecule has 0 heterocycles. The first-order valence-corrected chi connectivity index (χ1v) is 3.36. The van der Waals surface area contributed by atoms with E-state index in [0.717, 1.165) is 6.54 Å². The van der Waals surface area contributed by atoms with Gasteiger partial charge in [0, 0.05) is 0 Å². The van der Waals surface area contributed by atoms with Crippen LogP contribution >= 0.6 is 0 Å². The van der Waals surface area contributed by atoms with Crippen LogP contribution in [-0.2, 0) is 4.79 Å². The SMILES string of the molecule is C=CC(=O)NCC[NH+](C)C.[Cl-]. The molecule has 0 aliphatic heterocycles. The zero-order chi connectivity index (χ0) is 7.98. The molecule has 11 heavy (non-hydrogen) atoms. The van der Waals surface area contributed by atoms with E-state index in [1.165, 1.54) is 11.0 Å². The fourth-order valence-corrected chi connectivity index (χ4v) is 0.508. The first kappa shape index (κ1) is 13.1. The van der Waals surface area contributed by atoms with E-state index in [4.69, 9.17) is 0 Å². The molecule has 0 spiro atoms. The maximum atomic E-state index is 10.6. The second-order valence-electron chi connectivity index (χ2n) is 2.45. The van der Waals surface area contributed by atoms with Crippen molar-refractivity contribution in [2.45, 2.75) is 0 Å². The van der Waals surface area contributed by atoms with Crippen molar-refractivity contribution < 1.29 is 22.1 Å². The topological polar surface area (TPSA) is 33.5 Å². The lowest BCUT2D eigenvalue weighted by Gasteiger charge is -2.06. The number of carbonyl (C=O) groups excluding carboxylic acids is 1. The predicted octanol–water partition coefficient (Wildman–Crippen LogP) is -4.56. The number of rotatable bonds is 4. The van der Waals surface area contributed by atoms with Gasteiger partial charge < -0.3 is 22.6 Å². The maximum Gasteiger partial charge on any atom is 0.243 e. The van der Waals surface area contributed by atoms with Crippen LogP contribution in [0.2, 0.25) is 0 Å². The molecule has 0 rings (SSSR count). The highest BCUT2D eigenvalue weighted by Gasteiger charge is 1.94. The van der Waals surface area contributed by atoms with Crippen LogP contribution in [0.25, 0.3) is 0 Å². The summed E-state index contributed by atoms with van der Waals surface area (Å²) < 4.78 is 0. The average Bonchev–Trinajstić information content (AvgIpc) is 1.87. The first-order chi connectivity index (χ1) is 4.66. The molecule has 0 aliphatic rings. The van der Waals surface area contributed by atoms with E-state index in [2.05, 4.69) is 11.9 Å². The maximum absolute atomic E-state index is 10.6. The van der Waals surface area contributed by atoms with Crippen LogP contribution in [-0.4, -0.2) is 33.1 Å². The molecule has 3 nitrogen and oxygen atoms in total. The van der Waals surface area contributed by atoms with Gasteiger partial charge in [-0.05, 0) is 6.08 Å². The third kappa shape index (κ3) is 9.46. The lowest BCUT2D eigenvalue weighted by Crippen LogP contribution is -3.06. The van der Waals surface area contributed by atoms with E-state index in [1.54, 1.807) is 0 Å². The van der Waals surface area contributed by atoms with E-state index in [-0.39, 0.29) is 18.3 Å². The van der Waals surface area contributed by atoms with Crippen LogP contribution in [0.5, 0.6) is 0 Å². The van der Waals surface area contributed by atoms with Gasteiger partial charge in [0.1, 0.15) is 0 Å². The van der Waals surface area contributed by atoms with E-state index in [1.807, 2.05) is 14.1 Å². The summed E-state index contributed by atoms with van der Waals surface area (Å²) >= 11 is 0. The van der Waals surface area contributed by atoms with Gasteiger partial charge in [0.25, 0.3) is 0 Å². The summed E-state index contributed by atoms with van der Waals surface area (Å²) in [4.78, 5) is 11.9. The van der Waals surface area contributed by atoms with Crippen molar-refractivity contribution in [3.8, 4) is 0 Å². The third-order valence-corrected chi connectivity index (χ3v) is 1.11. The Labute approximate surface area is 73.9 Å². The highest BCUT2D eigenvalue weighted by molar-refractivity contribution is 5.86. The number of likely N-dealkylation sites (N-methyl/N-ethyl adjacent to an activating group) is 1. The molecule has 0 aromatic carbocycles. The number of quaternary nitrogens is 1. The molecule has 0 aliphatic carbocycles. The van der Waals surface area contributed by atoms with Crippen molar-refractivity contribution in [2.24, 2.45) is 0 Å². The fourth-order valence-electron chi connectivity index (χ4n) is 0.508. The fraction of sp³-hybridized carbons (Fsp3) is 0.571. The van der Waals surface area contributed by atoms with Gasteiger partial charge in [0.2, 0.25) is 5.91 Å². The summed E-state index contributed by atoms with van der Waals surface area (Å²) in [5.41, 5.74) is 0. The smallest absolute Gasteiger partial charge is 0.243 e. The second kappa shape index (κ2) is 7.57. The number of nitrogens with one attached hydrogen (secondary N) is 2. The van der Waals surface area contributed by atoms with Crippen molar-refractivity contribution in [1.82, 2.24) is 5.32 Å². The second-order valence-corrected chi connectivity index (χ2v) is 2.45. The summed E-state index contributed by atoms with van der Waals surface area (Å²) in [5, 5.41) is 2.69. The molecular formula is C7H15ClN2O. The van der Waals surface area contributed by atoms with Gasteiger partial charge in [0.05, 0.1) is 27.2 Å². The monoisotopic (exact) mass is 178 g/mol. The Balaban J connectivity index is 0. The third-order valence-electron chi connectivity index (χ3n) is 1.11. The summed E-state index contributed by atoms with van der Waals surface area (Å²) in [6.07, 6.45) is 1.28. The quantitative estimate of drug-likeness (QED) is 0.418. The van der Waals surface area contributed by atoms with Crippen molar-refractivity contribution in [2.75, 3.05) is 27.2 Å². The summed E-state index contributed by atoms with van der Waals surface area (Å²) in [7, 11) is 4.08. The van der Waals surface area contributed by atoms with E-state index in [9.17, 15) is 4.79 Å². The zero-order valence-electron chi connectivity index (χ0n) is 6.98. The lowest BCUT2D eigenvalue weighted by atomic mass is 10.5. The highest BCUT2D eigenvalue weighted by Crippen LogP contribution is 1.62. The number of hydrogen-bond acceptors (Lipinski definition) is 1. The molecule has 0 saturated heterocycles. The predicted molar refractivity (Wildman–Crippen MR) is 40.9 cm³/mol. The molecule has 0 saturated carbocycles. The number of hydrogen-bond donors (Lipinski definition) is 2. The standard InChI is InChI=1S/C7H14N2O.ClH/c1-4-7(10)8-5-6-9(2)3;/h4H,1,5-6H2,2-3H3,(H,8,10);1H. The summed E-state index contributed by atoms with van der Waals surface area (Å²) in [6.45, 7) is 5.00. The van der Waals surface area contributed by atoms with Crippen molar-refractivity contribution in [3.63, 3.8) is 0 Å². The van der Waals surface area contributed by atoms with Gasteiger partial charge in [-0.15, -0.1) is 0 Å². The summed E-state index contributed by atoms with van der Waals surface area (Å²) in [6, 6.07) is 0. The lowest BCUT2D eigenvalue weighted by molar-refractivity contribution is -0.856. The Kier molecular flexibility index (Phi) is 9.00. The molecular weight excluding hydrogens is 164 g/mol. The minimum absolute atomic E-state index is 0. The van der Waals surface area contributed by atoms with Gasteiger partial charge in [-0.3, -0.25) is 4.79 Å². The molecule has 0 fully saturated rings. The zero-order valence-corrected chi connectivity index (χ0v) is 7.74. The Morgan fingerprint density at radius 2 is 2.18 bits per heavy atom. The highest BCUT2D eigenvalue weighted by atomic mass is 35.5. The normalized spacial score (nSPS) is 8.64. The number of amides is 1. The Bertz CT molecular complexity index is 126. The molecule has 0 aromatic rings. The molecule has 66 valence electrons. The molecule has 0 aromatic heterocycles. The van der Waals surface area contributed by atoms with Crippen molar-refractivity contribution in [1.29, 1.82) is 0 Å². The van der Waals surface area contributed by atoms with Gasteiger partial charge in [-0.1, -0.05) is 6.58 Å². The molecule has 4 heteroatoms. The Morgan fingerprint density at radius 1 is 1.64 bits per heavy atom. The van der Waals surface area contributed by atoms with Crippen LogP contribution in [0.15, 0.2) is 12.7 Å². The van der Waals surface area contributed by atoms with Crippen LogP contribution in [0.4, 0.5) is 0 Å². The molecule has 0 radical (unpaired) electrons. The van der Waals surface area contributed by atoms with E-state index < -0.39 is 0 Å². The van der Waals surface area contributed by atoms with Crippen LogP contribution in [0, 0.1) is 0 Å².